The normalized spacial score (nSPS) is 13.8. The molecule has 3 rings (SSSR count). The van der Waals surface area contributed by atoms with Crippen LogP contribution in [0.4, 0.5) is 0 Å². The number of rotatable bonds is 6. The van der Waals surface area contributed by atoms with Crippen LogP contribution in [0, 0.1) is 0 Å². The van der Waals surface area contributed by atoms with Crippen LogP contribution >= 0.6 is 0 Å². The molecule has 0 aromatic heterocycles. The van der Waals surface area contributed by atoms with Gasteiger partial charge in [-0.2, -0.15) is 0 Å². The van der Waals surface area contributed by atoms with Gasteiger partial charge in [-0.15, -0.1) is 0 Å². The van der Waals surface area contributed by atoms with Gasteiger partial charge in [-0.25, -0.2) is 0 Å². The third-order valence-electron chi connectivity index (χ3n) is 4.57. The summed E-state index contributed by atoms with van der Waals surface area (Å²) in [5.74, 6) is 0.0438. The molecule has 0 aliphatic carbocycles. The lowest BCUT2D eigenvalue weighted by molar-refractivity contribution is -0.130. The van der Waals surface area contributed by atoms with Crippen LogP contribution in [0.2, 0.25) is 0 Å². The largest absolute Gasteiger partial charge is 0.355 e. The first-order valence-electron chi connectivity index (χ1n) is 9.05. The molecule has 1 N–H and O–H groups in total. The first-order chi connectivity index (χ1) is 12.7. The maximum Gasteiger partial charge on any atom is 0.224 e. The maximum absolute atomic E-state index is 12.3. The molecule has 4 heteroatoms. The van der Waals surface area contributed by atoms with Crippen molar-refractivity contribution in [2.45, 2.75) is 19.3 Å². The van der Waals surface area contributed by atoms with Crippen molar-refractivity contribution in [2.75, 3.05) is 19.6 Å². The van der Waals surface area contributed by atoms with Crippen molar-refractivity contribution in [1.29, 1.82) is 0 Å². The van der Waals surface area contributed by atoms with E-state index in [9.17, 15) is 9.59 Å². The van der Waals surface area contributed by atoms with Crippen LogP contribution in [-0.4, -0.2) is 36.3 Å². The predicted molar refractivity (Wildman–Crippen MR) is 103 cm³/mol. The highest BCUT2D eigenvalue weighted by Crippen LogP contribution is 2.22. The van der Waals surface area contributed by atoms with Gasteiger partial charge in [0, 0.05) is 26.1 Å². The van der Waals surface area contributed by atoms with E-state index in [1.165, 1.54) is 11.1 Å². The minimum absolute atomic E-state index is 0.0473. The lowest BCUT2D eigenvalue weighted by Gasteiger charge is -2.26. The highest BCUT2D eigenvalue weighted by atomic mass is 16.2. The summed E-state index contributed by atoms with van der Waals surface area (Å²) in [6.45, 7) is 1.76. The van der Waals surface area contributed by atoms with E-state index in [-0.39, 0.29) is 11.8 Å². The molecule has 1 aliphatic rings. The highest BCUT2D eigenvalue weighted by molar-refractivity contribution is 5.81. The Kier molecular flexibility index (Phi) is 6.20. The number of carbonyl (C=O) groups excluding carboxylic acids is 2. The molecular formula is C22H24N2O2. The van der Waals surface area contributed by atoms with Crippen LogP contribution in [0.15, 0.2) is 66.7 Å². The summed E-state index contributed by atoms with van der Waals surface area (Å²) in [6, 6.07) is 19.9. The SMILES string of the molecule is O=C(Cc1ccccc1)NCCC(=O)N1CC=C(c2ccccc2)CC1. The Labute approximate surface area is 154 Å². The van der Waals surface area contributed by atoms with Crippen LogP contribution in [0.3, 0.4) is 0 Å². The Morgan fingerprint density at radius 2 is 1.65 bits per heavy atom. The highest BCUT2D eigenvalue weighted by Gasteiger charge is 2.17. The predicted octanol–water partition coefficient (Wildman–Crippen LogP) is 3.05. The molecule has 134 valence electrons. The molecule has 0 unspecified atom stereocenters. The second-order valence-corrected chi connectivity index (χ2v) is 6.45. The van der Waals surface area contributed by atoms with Crippen molar-refractivity contribution >= 4 is 17.4 Å². The van der Waals surface area contributed by atoms with Crippen LogP contribution < -0.4 is 5.32 Å². The van der Waals surface area contributed by atoms with Gasteiger partial charge in [-0.3, -0.25) is 9.59 Å². The van der Waals surface area contributed by atoms with Crippen molar-refractivity contribution in [2.24, 2.45) is 0 Å². The van der Waals surface area contributed by atoms with E-state index in [2.05, 4.69) is 23.5 Å². The second kappa shape index (κ2) is 8.99. The van der Waals surface area contributed by atoms with Gasteiger partial charge in [0.1, 0.15) is 0 Å². The van der Waals surface area contributed by atoms with Gasteiger partial charge in [0.2, 0.25) is 11.8 Å². The van der Waals surface area contributed by atoms with Crippen LogP contribution in [-0.2, 0) is 16.0 Å². The Bertz CT molecular complexity index is 769. The first kappa shape index (κ1) is 17.9. The second-order valence-electron chi connectivity index (χ2n) is 6.45. The summed E-state index contributed by atoms with van der Waals surface area (Å²) in [5.41, 5.74) is 3.50. The lowest BCUT2D eigenvalue weighted by Crippen LogP contribution is -2.37. The molecule has 2 aromatic carbocycles. The zero-order chi connectivity index (χ0) is 18.2. The van der Waals surface area contributed by atoms with Crippen LogP contribution in [0.1, 0.15) is 24.0 Å². The third kappa shape index (κ3) is 5.06. The number of carbonyl (C=O) groups is 2. The molecule has 0 saturated carbocycles. The van der Waals surface area contributed by atoms with E-state index in [1.807, 2.05) is 53.4 Å². The van der Waals surface area contributed by atoms with E-state index in [0.717, 1.165) is 18.5 Å². The van der Waals surface area contributed by atoms with Gasteiger partial charge >= 0.3 is 0 Å². The van der Waals surface area contributed by atoms with E-state index in [0.29, 0.717) is 25.9 Å². The van der Waals surface area contributed by atoms with Gasteiger partial charge in [0.05, 0.1) is 6.42 Å². The molecule has 0 atom stereocenters. The van der Waals surface area contributed by atoms with Gasteiger partial charge in [0.25, 0.3) is 0 Å². The third-order valence-corrected chi connectivity index (χ3v) is 4.57. The molecule has 2 amide bonds. The Morgan fingerprint density at radius 3 is 2.31 bits per heavy atom. The van der Waals surface area contributed by atoms with Crippen LogP contribution in [0.5, 0.6) is 0 Å². The summed E-state index contributed by atoms with van der Waals surface area (Å²) in [6.07, 6.45) is 3.69. The zero-order valence-electron chi connectivity index (χ0n) is 14.9. The number of amides is 2. The average Bonchev–Trinajstić information content (AvgIpc) is 2.69. The van der Waals surface area contributed by atoms with E-state index < -0.39 is 0 Å². The smallest absolute Gasteiger partial charge is 0.224 e. The molecule has 2 aromatic rings. The number of nitrogens with one attached hydrogen (secondary N) is 1. The van der Waals surface area contributed by atoms with Crippen molar-refractivity contribution in [3.8, 4) is 0 Å². The minimum Gasteiger partial charge on any atom is -0.355 e. The number of benzene rings is 2. The van der Waals surface area contributed by atoms with Gasteiger partial charge in [-0.1, -0.05) is 66.7 Å². The maximum atomic E-state index is 12.3. The molecule has 0 fully saturated rings. The summed E-state index contributed by atoms with van der Waals surface area (Å²) < 4.78 is 0. The van der Waals surface area contributed by atoms with Gasteiger partial charge in [0.15, 0.2) is 0 Å². The summed E-state index contributed by atoms with van der Waals surface area (Å²) in [5, 5.41) is 2.83. The summed E-state index contributed by atoms with van der Waals surface area (Å²) in [7, 11) is 0. The monoisotopic (exact) mass is 348 g/mol. The lowest BCUT2D eigenvalue weighted by atomic mass is 9.99. The van der Waals surface area contributed by atoms with E-state index in [4.69, 9.17) is 0 Å². The molecule has 0 radical (unpaired) electrons. The topological polar surface area (TPSA) is 49.4 Å². The van der Waals surface area contributed by atoms with E-state index >= 15 is 0 Å². The standard InChI is InChI=1S/C22H24N2O2/c25-21(17-18-7-3-1-4-8-18)23-14-11-22(26)24-15-12-20(13-16-24)19-9-5-2-6-10-19/h1-10,12H,11,13-17H2,(H,23,25). The molecule has 0 spiro atoms. The quantitative estimate of drug-likeness (QED) is 0.872. The van der Waals surface area contributed by atoms with Crippen molar-refractivity contribution in [3.05, 3.63) is 77.9 Å². The number of hydrogen-bond acceptors (Lipinski definition) is 2. The van der Waals surface area contributed by atoms with Gasteiger partial charge < -0.3 is 10.2 Å². The zero-order valence-corrected chi connectivity index (χ0v) is 14.9. The fourth-order valence-corrected chi connectivity index (χ4v) is 3.12. The summed E-state index contributed by atoms with van der Waals surface area (Å²) in [4.78, 5) is 26.1. The fourth-order valence-electron chi connectivity index (χ4n) is 3.12. The van der Waals surface area contributed by atoms with E-state index in [1.54, 1.807) is 0 Å². The van der Waals surface area contributed by atoms with Crippen molar-refractivity contribution in [3.63, 3.8) is 0 Å². The molecule has 1 heterocycles. The minimum atomic E-state index is -0.0473. The molecule has 4 nitrogen and oxygen atoms in total. The molecule has 0 bridgehead atoms. The molecule has 1 aliphatic heterocycles. The Morgan fingerprint density at radius 1 is 0.962 bits per heavy atom. The van der Waals surface area contributed by atoms with Crippen LogP contribution in [0.25, 0.3) is 5.57 Å². The molecule has 0 saturated heterocycles. The van der Waals surface area contributed by atoms with Gasteiger partial charge in [-0.05, 0) is 23.1 Å². The first-order valence-corrected chi connectivity index (χ1v) is 9.05. The number of nitrogens with zero attached hydrogens (tertiary/aromatic N) is 1. The molecule has 26 heavy (non-hydrogen) atoms. The molecular weight excluding hydrogens is 324 g/mol. The Balaban J connectivity index is 1.40. The number of hydrogen-bond donors (Lipinski definition) is 1. The van der Waals surface area contributed by atoms with Crippen molar-refractivity contribution < 1.29 is 9.59 Å². The average molecular weight is 348 g/mol. The van der Waals surface area contributed by atoms with Crippen molar-refractivity contribution in [1.82, 2.24) is 10.2 Å². The Hall–Kier alpha value is -2.88. The fraction of sp³-hybridized carbons (Fsp3) is 0.273. The summed E-state index contributed by atoms with van der Waals surface area (Å²) >= 11 is 0.